The zero-order chi connectivity index (χ0) is 31.3. The van der Waals surface area contributed by atoms with Gasteiger partial charge in [0.05, 0.1) is 17.2 Å². The lowest BCUT2D eigenvalue weighted by Gasteiger charge is -2.37. The Kier molecular flexibility index (Phi) is 9.94. The highest BCUT2D eigenvalue weighted by Gasteiger charge is 2.35. The maximum atomic E-state index is 13.2. The van der Waals surface area contributed by atoms with Crippen LogP contribution in [0, 0.1) is 0 Å². The number of carbonyl (C=O) groups is 3. The summed E-state index contributed by atoms with van der Waals surface area (Å²) in [5.74, 6) is -0.948. The molecule has 1 atom stereocenters. The molecular weight excluding hydrogens is 653 g/mol. The molecular formula is C29H24Cl3N5O6S. The molecule has 0 bridgehead atoms. The minimum Gasteiger partial charge on any atom is -0.445 e. The minimum atomic E-state index is -1.80. The monoisotopic (exact) mass is 675 g/mol. The predicted molar refractivity (Wildman–Crippen MR) is 164 cm³/mol. The topological polar surface area (TPSA) is 126 Å². The third-order valence-corrected chi connectivity index (χ3v) is 7.95. The molecule has 0 spiro atoms. The lowest BCUT2D eigenvalue weighted by molar-refractivity contribution is 0.0680. The van der Waals surface area contributed by atoms with Crippen LogP contribution in [-0.2, 0) is 18.2 Å². The van der Waals surface area contributed by atoms with Crippen LogP contribution in [-0.4, -0.2) is 65.8 Å². The molecule has 0 saturated carbocycles. The number of alkyl halides is 3. The Morgan fingerprint density at radius 3 is 2.07 bits per heavy atom. The SMILES string of the molecule is Cn1nnnc1SCC1c2cc(OC(=O)c3ccccc3)c(OC(=O)c3ccccc3)cc2CCN1C(=O)OCC(Cl)(Cl)Cl. The average Bonchev–Trinajstić information content (AvgIpc) is 3.43. The van der Waals surface area contributed by atoms with Crippen molar-refractivity contribution in [3.63, 3.8) is 0 Å². The average molecular weight is 677 g/mol. The van der Waals surface area contributed by atoms with E-state index in [1.54, 1.807) is 79.8 Å². The lowest BCUT2D eigenvalue weighted by Crippen LogP contribution is -2.42. The van der Waals surface area contributed by atoms with E-state index in [0.29, 0.717) is 34.0 Å². The van der Waals surface area contributed by atoms with E-state index < -0.39 is 34.5 Å². The molecule has 11 nitrogen and oxygen atoms in total. The van der Waals surface area contributed by atoms with E-state index in [4.69, 9.17) is 49.0 Å². The summed E-state index contributed by atoms with van der Waals surface area (Å²) in [6.07, 6.45) is -0.334. The predicted octanol–water partition coefficient (Wildman–Crippen LogP) is 5.85. The molecule has 3 aromatic carbocycles. The number of tetrazole rings is 1. The van der Waals surface area contributed by atoms with Crippen molar-refractivity contribution in [2.75, 3.05) is 18.9 Å². The van der Waals surface area contributed by atoms with E-state index in [2.05, 4.69) is 15.5 Å². The van der Waals surface area contributed by atoms with Crippen molar-refractivity contribution < 1.29 is 28.6 Å². The second kappa shape index (κ2) is 13.9. The number of carbonyl (C=O) groups excluding carboxylic acids is 3. The number of rotatable bonds is 8. The maximum Gasteiger partial charge on any atom is 0.410 e. The number of hydrogen-bond acceptors (Lipinski definition) is 10. The number of hydrogen-bond donors (Lipinski definition) is 0. The standard InChI is InChI=1S/C29H24Cl3N5O6S/c1-36-27(33-34-35-36)44-16-22-21-15-24(43-26(39)19-10-6-3-7-11-19)23(42-25(38)18-8-4-2-5-9-18)14-20(21)12-13-37(22)28(40)41-17-29(30,31)32/h2-11,14-15,22H,12-13,16-17H2,1H3. The van der Waals surface area contributed by atoms with Gasteiger partial charge >= 0.3 is 18.0 Å². The van der Waals surface area contributed by atoms with Crippen LogP contribution in [0.2, 0.25) is 0 Å². The number of thioether (sulfide) groups is 1. The zero-order valence-electron chi connectivity index (χ0n) is 23.1. The lowest BCUT2D eigenvalue weighted by atomic mass is 9.93. The molecule has 1 amide bonds. The third-order valence-electron chi connectivity index (χ3n) is 6.53. The molecule has 44 heavy (non-hydrogen) atoms. The van der Waals surface area contributed by atoms with E-state index in [1.165, 1.54) is 21.3 Å². The Bertz CT molecular complexity index is 1650. The molecule has 1 aromatic heterocycles. The fourth-order valence-electron chi connectivity index (χ4n) is 4.46. The number of fused-ring (bicyclic) bond motifs is 1. The highest BCUT2D eigenvalue weighted by Crippen LogP contribution is 2.41. The van der Waals surface area contributed by atoms with E-state index in [1.807, 2.05) is 0 Å². The van der Waals surface area contributed by atoms with E-state index in [-0.39, 0.29) is 18.0 Å². The van der Waals surface area contributed by atoms with E-state index in [9.17, 15) is 14.4 Å². The summed E-state index contributed by atoms with van der Waals surface area (Å²) in [4.78, 5) is 40.9. The normalized spacial score (nSPS) is 14.5. The second-order valence-corrected chi connectivity index (χ2v) is 13.0. The number of ether oxygens (including phenoxy) is 3. The molecule has 0 N–H and O–H groups in total. The maximum absolute atomic E-state index is 13.2. The van der Waals surface area contributed by atoms with Crippen LogP contribution in [0.25, 0.3) is 0 Å². The molecule has 0 radical (unpaired) electrons. The van der Waals surface area contributed by atoms with Crippen molar-refractivity contribution in [1.29, 1.82) is 0 Å². The Morgan fingerprint density at radius 2 is 1.52 bits per heavy atom. The van der Waals surface area contributed by atoms with Crippen LogP contribution in [0.5, 0.6) is 11.5 Å². The fraction of sp³-hybridized carbons (Fsp3) is 0.241. The molecule has 0 fully saturated rings. The summed E-state index contributed by atoms with van der Waals surface area (Å²) in [6, 6.07) is 19.5. The number of esters is 2. The van der Waals surface area contributed by atoms with Crippen molar-refractivity contribution in [2.24, 2.45) is 7.05 Å². The number of amides is 1. The van der Waals surface area contributed by atoms with Gasteiger partial charge in [-0.1, -0.05) is 83.0 Å². The number of halogens is 3. The molecule has 1 aliphatic heterocycles. The molecule has 1 aliphatic rings. The number of aryl methyl sites for hydroxylation is 1. The largest absolute Gasteiger partial charge is 0.445 e. The second-order valence-electron chi connectivity index (χ2n) is 9.53. The first-order chi connectivity index (χ1) is 21.1. The first-order valence-corrected chi connectivity index (χ1v) is 15.3. The van der Waals surface area contributed by atoms with Crippen molar-refractivity contribution in [1.82, 2.24) is 25.1 Å². The van der Waals surface area contributed by atoms with Gasteiger partial charge in [0.2, 0.25) is 8.95 Å². The number of benzene rings is 3. The minimum absolute atomic E-state index is 0.00582. The van der Waals surface area contributed by atoms with Gasteiger partial charge in [-0.3, -0.25) is 4.90 Å². The van der Waals surface area contributed by atoms with Crippen molar-refractivity contribution in [3.8, 4) is 11.5 Å². The summed E-state index contributed by atoms with van der Waals surface area (Å²) in [5, 5.41) is 12.0. The van der Waals surface area contributed by atoms with Crippen LogP contribution >= 0.6 is 46.6 Å². The van der Waals surface area contributed by atoms with Gasteiger partial charge in [-0.15, -0.1) is 5.10 Å². The van der Waals surface area contributed by atoms with Crippen molar-refractivity contribution in [2.45, 2.75) is 21.4 Å². The van der Waals surface area contributed by atoms with Gasteiger partial charge in [0, 0.05) is 19.3 Å². The van der Waals surface area contributed by atoms with Crippen LogP contribution in [0.4, 0.5) is 4.79 Å². The summed E-state index contributed by atoms with van der Waals surface area (Å²) < 4.78 is 16.6. The Labute approximate surface area is 271 Å². The van der Waals surface area contributed by atoms with Gasteiger partial charge in [-0.25, -0.2) is 19.1 Å². The Morgan fingerprint density at radius 1 is 0.932 bits per heavy atom. The third kappa shape index (κ3) is 7.81. The Hall–Kier alpha value is -3.84. The zero-order valence-corrected chi connectivity index (χ0v) is 26.1. The molecule has 2 heterocycles. The highest BCUT2D eigenvalue weighted by molar-refractivity contribution is 7.99. The molecule has 228 valence electrons. The summed E-state index contributed by atoms with van der Waals surface area (Å²) in [5.41, 5.74) is 2.02. The molecule has 1 unspecified atom stereocenters. The molecule has 5 rings (SSSR count). The van der Waals surface area contributed by atoms with Crippen LogP contribution in [0.1, 0.15) is 37.9 Å². The summed E-state index contributed by atoms with van der Waals surface area (Å²) >= 11 is 18.8. The molecule has 0 saturated heterocycles. The van der Waals surface area contributed by atoms with Crippen LogP contribution < -0.4 is 9.47 Å². The highest BCUT2D eigenvalue weighted by atomic mass is 35.6. The Balaban J connectivity index is 1.52. The number of nitrogens with zero attached hydrogens (tertiary/aromatic N) is 5. The van der Waals surface area contributed by atoms with Gasteiger partial charge in [0.1, 0.15) is 6.61 Å². The van der Waals surface area contributed by atoms with Crippen LogP contribution in [0.15, 0.2) is 78.0 Å². The quantitative estimate of drug-likeness (QED) is 0.0972. The van der Waals surface area contributed by atoms with Crippen LogP contribution in [0.3, 0.4) is 0 Å². The summed E-state index contributed by atoms with van der Waals surface area (Å²) in [7, 11) is 1.69. The van der Waals surface area contributed by atoms with Gasteiger partial charge in [-0.2, -0.15) is 0 Å². The van der Waals surface area contributed by atoms with E-state index in [0.717, 1.165) is 5.56 Å². The van der Waals surface area contributed by atoms with E-state index >= 15 is 0 Å². The van der Waals surface area contributed by atoms with Crippen molar-refractivity contribution in [3.05, 3.63) is 95.1 Å². The first kappa shape index (κ1) is 31.6. The van der Waals surface area contributed by atoms with Gasteiger partial charge < -0.3 is 14.2 Å². The van der Waals surface area contributed by atoms with Gasteiger partial charge in [-0.05, 0) is 64.4 Å². The molecule has 15 heteroatoms. The van der Waals surface area contributed by atoms with Gasteiger partial charge in [0.25, 0.3) is 0 Å². The smallest absolute Gasteiger partial charge is 0.410 e. The van der Waals surface area contributed by atoms with Gasteiger partial charge in [0.15, 0.2) is 11.5 Å². The number of aromatic nitrogens is 4. The molecule has 4 aromatic rings. The summed E-state index contributed by atoms with van der Waals surface area (Å²) in [6.45, 7) is -0.218. The first-order valence-electron chi connectivity index (χ1n) is 13.2. The fourth-order valence-corrected chi connectivity index (χ4v) is 5.60. The molecule has 0 aliphatic carbocycles. The van der Waals surface area contributed by atoms with Crippen molar-refractivity contribution >= 4 is 64.6 Å².